The van der Waals surface area contributed by atoms with Crippen LogP contribution >= 0.6 is 11.6 Å². The largest absolute Gasteiger partial charge is 0.497 e. The van der Waals surface area contributed by atoms with E-state index in [1.54, 1.807) is 36.5 Å². The fourth-order valence-electron chi connectivity index (χ4n) is 2.87. The Bertz CT molecular complexity index is 1160. The summed E-state index contributed by atoms with van der Waals surface area (Å²) < 4.78 is 46.1. The van der Waals surface area contributed by atoms with Crippen molar-refractivity contribution in [2.45, 2.75) is 6.18 Å². The van der Waals surface area contributed by atoms with Crippen LogP contribution in [0.4, 0.5) is 13.2 Å². The highest BCUT2D eigenvalue weighted by molar-refractivity contribution is 6.35. The van der Waals surface area contributed by atoms with Gasteiger partial charge in [0.2, 0.25) is 0 Å². The number of H-pyrrole nitrogens is 1. The Morgan fingerprint density at radius 2 is 1.96 bits per heavy atom. The third-order valence-electron chi connectivity index (χ3n) is 4.19. The normalized spacial score (nSPS) is 11.8. The molecular formula is C19H12ClF3N4O. The number of halogens is 4. The molecule has 0 atom stereocenters. The molecule has 0 saturated heterocycles. The lowest BCUT2D eigenvalue weighted by molar-refractivity contribution is -0.137. The van der Waals surface area contributed by atoms with Gasteiger partial charge in [-0.2, -0.15) is 13.2 Å². The molecule has 0 saturated carbocycles. The molecule has 0 amide bonds. The molecule has 3 heterocycles. The Labute approximate surface area is 162 Å². The predicted molar refractivity (Wildman–Crippen MR) is 99.1 cm³/mol. The summed E-state index contributed by atoms with van der Waals surface area (Å²) in [4.78, 5) is 15.1. The first-order valence-corrected chi connectivity index (χ1v) is 8.46. The van der Waals surface area contributed by atoms with E-state index in [0.717, 1.165) is 6.20 Å². The average molecular weight is 405 g/mol. The highest BCUT2D eigenvalue weighted by atomic mass is 35.5. The van der Waals surface area contributed by atoms with Crippen molar-refractivity contribution in [3.05, 3.63) is 59.5 Å². The molecule has 5 nitrogen and oxygen atoms in total. The lowest BCUT2D eigenvalue weighted by Gasteiger charge is -2.15. The van der Waals surface area contributed by atoms with E-state index in [1.165, 1.54) is 13.3 Å². The van der Waals surface area contributed by atoms with Crippen LogP contribution in [0.5, 0.6) is 5.75 Å². The third kappa shape index (κ3) is 3.16. The van der Waals surface area contributed by atoms with E-state index in [1.807, 2.05) is 0 Å². The van der Waals surface area contributed by atoms with Crippen molar-refractivity contribution in [2.24, 2.45) is 0 Å². The molecule has 3 aromatic heterocycles. The smallest absolute Gasteiger partial charge is 0.418 e. The Hall–Kier alpha value is -3.13. The fourth-order valence-corrected chi connectivity index (χ4v) is 3.22. The van der Waals surface area contributed by atoms with Crippen molar-refractivity contribution < 1.29 is 17.9 Å². The van der Waals surface area contributed by atoms with E-state index >= 15 is 0 Å². The van der Waals surface area contributed by atoms with Gasteiger partial charge in [0.1, 0.15) is 11.6 Å². The first-order chi connectivity index (χ1) is 13.4. The van der Waals surface area contributed by atoms with Gasteiger partial charge in [-0.15, -0.1) is 0 Å². The molecule has 0 radical (unpaired) electrons. The molecule has 0 aliphatic carbocycles. The number of pyridine rings is 2. The number of hydrogen-bond acceptors (Lipinski definition) is 4. The van der Waals surface area contributed by atoms with Crippen LogP contribution in [0.15, 0.2) is 48.9 Å². The van der Waals surface area contributed by atoms with Crippen LogP contribution in [-0.4, -0.2) is 27.0 Å². The average Bonchev–Trinajstić information content (AvgIpc) is 3.10. The number of benzene rings is 1. The molecule has 0 fully saturated rings. The van der Waals surface area contributed by atoms with Gasteiger partial charge in [0.05, 0.1) is 40.0 Å². The Morgan fingerprint density at radius 1 is 1.14 bits per heavy atom. The minimum absolute atomic E-state index is 0.00637. The molecule has 1 N–H and O–H groups in total. The number of alkyl halides is 3. The molecule has 0 aliphatic rings. The number of nitrogens with one attached hydrogen (secondary N) is 1. The van der Waals surface area contributed by atoms with Gasteiger partial charge >= 0.3 is 6.18 Å². The standard InChI is InChI=1S/C19H12ClF3N4O/c1-28-11-4-5-13-14(7-11)27-18(26-13)15-12(19(21,22)23)9-25-17(16(15)20)10-3-2-6-24-8-10/h2-9H,1H3,(H,26,27). The number of ether oxygens (including phenoxy) is 1. The van der Waals surface area contributed by atoms with Crippen molar-refractivity contribution in [3.8, 4) is 28.4 Å². The minimum atomic E-state index is -4.66. The lowest BCUT2D eigenvalue weighted by Crippen LogP contribution is -2.09. The van der Waals surface area contributed by atoms with Crippen molar-refractivity contribution in [3.63, 3.8) is 0 Å². The summed E-state index contributed by atoms with van der Waals surface area (Å²) in [5.41, 5.74) is 0.461. The Balaban J connectivity index is 1.98. The number of nitrogens with zero attached hydrogens (tertiary/aromatic N) is 3. The van der Waals surface area contributed by atoms with Crippen LogP contribution in [0, 0.1) is 0 Å². The second-order valence-electron chi connectivity index (χ2n) is 5.92. The van der Waals surface area contributed by atoms with Crippen molar-refractivity contribution in [1.82, 2.24) is 19.9 Å². The highest BCUT2D eigenvalue weighted by Gasteiger charge is 2.37. The van der Waals surface area contributed by atoms with E-state index in [-0.39, 0.29) is 22.1 Å². The SMILES string of the molecule is COc1ccc2nc(-c3c(C(F)(F)F)cnc(-c4cccnc4)c3Cl)[nH]c2c1. The van der Waals surface area contributed by atoms with Crippen LogP contribution in [-0.2, 0) is 6.18 Å². The van der Waals surface area contributed by atoms with Crippen LogP contribution in [0.1, 0.15) is 5.56 Å². The van der Waals surface area contributed by atoms with Crippen LogP contribution in [0.2, 0.25) is 5.02 Å². The maximum atomic E-state index is 13.6. The summed E-state index contributed by atoms with van der Waals surface area (Å²) in [6.45, 7) is 0. The fraction of sp³-hybridized carbons (Fsp3) is 0.105. The molecule has 28 heavy (non-hydrogen) atoms. The van der Waals surface area contributed by atoms with Gasteiger partial charge in [0, 0.05) is 30.2 Å². The molecular weight excluding hydrogens is 393 g/mol. The van der Waals surface area contributed by atoms with Crippen molar-refractivity contribution in [1.29, 1.82) is 0 Å². The first-order valence-electron chi connectivity index (χ1n) is 8.08. The molecule has 1 aromatic carbocycles. The van der Waals surface area contributed by atoms with Crippen LogP contribution in [0.25, 0.3) is 33.7 Å². The molecule has 4 aromatic rings. The zero-order valence-electron chi connectivity index (χ0n) is 14.4. The van der Waals surface area contributed by atoms with Crippen molar-refractivity contribution in [2.75, 3.05) is 7.11 Å². The van der Waals surface area contributed by atoms with Gasteiger partial charge in [0.15, 0.2) is 0 Å². The molecule has 142 valence electrons. The summed E-state index contributed by atoms with van der Waals surface area (Å²) in [6.07, 6.45) is -0.864. The van der Waals surface area contributed by atoms with Crippen LogP contribution < -0.4 is 4.74 Å². The second kappa shape index (κ2) is 6.79. The van der Waals surface area contributed by atoms with Gasteiger partial charge in [-0.3, -0.25) is 9.97 Å². The molecule has 0 spiro atoms. The van der Waals surface area contributed by atoms with E-state index in [4.69, 9.17) is 16.3 Å². The van der Waals surface area contributed by atoms with Crippen LogP contribution in [0.3, 0.4) is 0 Å². The van der Waals surface area contributed by atoms with E-state index in [2.05, 4.69) is 19.9 Å². The summed E-state index contributed by atoms with van der Waals surface area (Å²) in [5, 5.41) is -0.158. The van der Waals surface area contributed by atoms with E-state index in [9.17, 15) is 13.2 Å². The van der Waals surface area contributed by atoms with Gasteiger partial charge in [-0.1, -0.05) is 11.6 Å². The van der Waals surface area contributed by atoms with Gasteiger partial charge in [0.25, 0.3) is 0 Å². The number of imidazole rings is 1. The van der Waals surface area contributed by atoms with E-state index < -0.39 is 11.7 Å². The van der Waals surface area contributed by atoms with Gasteiger partial charge in [-0.05, 0) is 24.3 Å². The zero-order chi connectivity index (χ0) is 19.9. The monoisotopic (exact) mass is 404 g/mol. The third-order valence-corrected chi connectivity index (χ3v) is 4.55. The molecule has 0 aliphatic heterocycles. The number of rotatable bonds is 3. The summed E-state index contributed by atoms with van der Waals surface area (Å²) in [5.74, 6) is 0.545. The number of methoxy groups -OCH3 is 1. The molecule has 4 rings (SSSR count). The quantitative estimate of drug-likeness (QED) is 0.498. The number of aromatic amines is 1. The highest BCUT2D eigenvalue weighted by Crippen LogP contribution is 2.43. The molecule has 9 heteroatoms. The van der Waals surface area contributed by atoms with Crippen molar-refractivity contribution >= 4 is 22.6 Å². The maximum Gasteiger partial charge on any atom is 0.418 e. The number of fused-ring (bicyclic) bond motifs is 1. The lowest BCUT2D eigenvalue weighted by atomic mass is 10.0. The summed E-state index contributed by atoms with van der Waals surface area (Å²) in [6, 6.07) is 8.29. The summed E-state index contributed by atoms with van der Waals surface area (Å²) in [7, 11) is 1.50. The molecule has 0 unspecified atom stereocenters. The molecule has 0 bridgehead atoms. The predicted octanol–water partition coefficient (Wildman–Crippen LogP) is 5.37. The van der Waals surface area contributed by atoms with E-state index in [0.29, 0.717) is 22.3 Å². The van der Waals surface area contributed by atoms with Gasteiger partial charge < -0.3 is 9.72 Å². The maximum absolute atomic E-state index is 13.6. The first kappa shape index (κ1) is 18.2. The minimum Gasteiger partial charge on any atom is -0.497 e. The summed E-state index contributed by atoms with van der Waals surface area (Å²) >= 11 is 6.40. The Kier molecular flexibility index (Phi) is 4.43. The second-order valence-corrected chi connectivity index (χ2v) is 6.30. The topological polar surface area (TPSA) is 63.7 Å². The number of aromatic nitrogens is 4. The number of hydrogen-bond donors (Lipinski definition) is 1. The Morgan fingerprint density at radius 3 is 2.64 bits per heavy atom. The zero-order valence-corrected chi connectivity index (χ0v) is 15.1. The van der Waals surface area contributed by atoms with Gasteiger partial charge in [-0.25, -0.2) is 4.98 Å².